The fourth-order valence-electron chi connectivity index (χ4n) is 4.71. The minimum absolute atomic E-state index is 0.0496. The Balaban J connectivity index is 1.62. The molecule has 0 N–H and O–H groups in total. The third-order valence-electron chi connectivity index (χ3n) is 6.02. The Morgan fingerprint density at radius 2 is 1.83 bits per heavy atom. The molecule has 0 spiro atoms. The number of nitrogens with zero attached hydrogens (tertiary/aromatic N) is 1. The number of rotatable bonds is 2. The van der Waals surface area contributed by atoms with Crippen molar-refractivity contribution in [1.82, 2.24) is 4.90 Å². The van der Waals surface area contributed by atoms with Crippen LogP contribution in [-0.4, -0.2) is 22.6 Å². The minimum Gasteiger partial charge on any atom is -0.324 e. The lowest BCUT2D eigenvalue weighted by Crippen LogP contribution is -2.43. The summed E-state index contributed by atoms with van der Waals surface area (Å²) in [4.78, 5) is 27.2. The van der Waals surface area contributed by atoms with Gasteiger partial charge >= 0.3 is 0 Å². The molecule has 0 saturated heterocycles. The van der Waals surface area contributed by atoms with E-state index in [1.54, 1.807) is 0 Å². The second-order valence-corrected chi connectivity index (χ2v) is 7.59. The molecule has 1 heterocycles. The van der Waals surface area contributed by atoms with Crippen LogP contribution >= 0.6 is 0 Å². The van der Waals surface area contributed by atoms with Crippen LogP contribution in [0.4, 0.5) is 0 Å². The van der Waals surface area contributed by atoms with Crippen LogP contribution in [0, 0.1) is 0 Å². The molecule has 2 aliphatic carbocycles. The zero-order valence-corrected chi connectivity index (χ0v) is 14.2. The zero-order valence-electron chi connectivity index (χ0n) is 14.2. The van der Waals surface area contributed by atoms with Crippen molar-refractivity contribution < 1.29 is 9.59 Å². The summed E-state index contributed by atoms with van der Waals surface area (Å²) in [5, 5.41) is 0. The molecule has 1 aliphatic heterocycles. The molecule has 0 radical (unpaired) electrons. The molecule has 3 nitrogen and oxygen atoms in total. The summed E-state index contributed by atoms with van der Waals surface area (Å²) >= 11 is 0. The van der Waals surface area contributed by atoms with Crippen molar-refractivity contribution in [3.63, 3.8) is 0 Å². The van der Waals surface area contributed by atoms with Gasteiger partial charge in [-0.15, -0.1) is 0 Å². The topological polar surface area (TPSA) is 37.4 Å². The van der Waals surface area contributed by atoms with Crippen LogP contribution in [0.5, 0.6) is 0 Å². The number of allylic oxidation sites excluding steroid dienone is 1. The first-order chi connectivity index (χ1) is 11.6. The van der Waals surface area contributed by atoms with Gasteiger partial charge in [0, 0.05) is 18.5 Å². The summed E-state index contributed by atoms with van der Waals surface area (Å²) in [6, 6.07) is 5.91. The Morgan fingerprint density at radius 3 is 2.58 bits per heavy atom. The molecule has 24 heavy (non-hydrogen) atoms. The number of hydrogen-bond donors (Lipinski definition) is 0. The molecule has 2 saturated carbocycles. The van der Waals surface area contributed by atoms with E-state index >= 15 is 0 Å². The van der Waals surface area contributed by atoms with Gasteiger partial charge in [0.1, 0.15) is 0 Å². The summed E-state index contributed by atoms with van der Waals surface area (Å²) < 4.78 is 0. The lowest BCUT2D eigenvalue weighted by molar-refractivity contribution is -0.124. The van der Waals surface area contributed by atoms with Gasteiger partial charge < -0.3 is 4.90 Å². The van der Waals surface area contributed by atoms with Gasteiger partial charge in [0.15, 0.2) is 5.78 Å². The Morgan fingerprint density at radius 1 is 1.04 bits per heavy atom. The highest BCUT2D eigenvalue weighted by atomic mass is 16.2. The minimum atomic E-state index is -0.255. The Bertz CT molecular complexity index is 700. The van der Waals surface area contributed by atoms with Gasteiger partial charge in [-0.3, -0.25) is 9.59 Å². The largest absolute Gasteiger partial charge is 0.324 e. The van der Waals surface area contributed by atoms with Crippen molar-refractivity contribution >= 4 is 11.7 Å². The molecule has 1 amide bonds. The van der Waals surface area contributed by atoms with E-state index in [4.69, 9.17) is 0 Å². The van der Waals surface area contributed by atoms with E-state index in [9.17, 15) is 9.59 Å². The highest BCUT2D eigenvalue weighted by Crippen LogP contribution is 2.39. The van der Waals surface area contributed by atoms with Crippen LogP contribution in [0.15, 0.2) is 30.4 Å². The van der Waals surface area contributed by atoms with Crippen LogP contribution < -0.4 is 0 Å². The molecule has 1 aromatic carbocycles. The van der Waals surface area contributed by atoms with Crippen LogP contribution in [0.1, 0.15) is 78.8 Å². The monoisotopic (exact) mass is 323 g/mol. The van der Waals surface area contributed by atoms with E-state index in [1.165, 1.54) is 43.2 Å². The van der Waals surface area contributed by atoms with E-state index in [-0.39, 0.29) is 17.7 Å². The van der Waals surface area contributed by atoms with Crippen molar-refractivity contribution in [1.29, 1.82) is 0 Å². The number of fused-ring (bicyclic) bond motifs is 1. The van der Waals surface area contributed by atoms with Gasteiger partial charge in [-0.05, 0) is 48.8 Å². The zero-order chi connectivity index (χ0) is 16.7. The molecular formula is C21H25NO2. The Hall–Kier alpha value is -1.90. The van der Waals surface area contributed by atoms with Crippen LogP contribution in [0.2, 0.25) is 0 Å². The van der Waals surface area contributed by atoms with Gasteiger partial charge in [0.25, 0.3) is 5.91 Å². The van der Waals surface area contributed by atoms with Gasteiger partial charge in [-0.25, -0.2) is 0 Å². The third-order valence-corrected chi connectivity index (χ3v) is 6.02. The normalized spacial score (nSPS) is 25.2. The Kier molecular flexibility index (Phi) is 4.03. The van der Waals surface area contributed by atoms with E-state index in [1.807, 2.05) is 17.0 Å². The average molecular weight is 323 g/mol. The molecule has 126 valence electrons. The fourth-order valence-corrected chi connectivity index (χ4v) is 4.71. The first kappa shape index (κ1) is 15.6. The summed E-state index contributed by atoms with van der Waals surface area (Å²) in [5.74, 6) is 0.795. The van der Waals surface area contributed by atoms with Gasteiger partial charge in [-0.1, -0.05) is 43.5 Å². The summed E-state index contributed by atoms with van der Waals surface area (Å²) in [5.41, 5.74) is 4.38. The fraction of sp³-hybridized carbons (Fsp3) is 0.524. The number of amides is 1. The quantitative estimate of drug-likeness (QED) is 0.758. The van der Waals surface area contributed by atoms with Gasteiger partial charge in [0.2, 0.25) is 0 Å². The highest BCUT2D eigenvalue weighted by molar-refractivity contribution is 6.02. The highest BCUT2D eigenvalue weighted by Gasteiger charge is 2.39. The van der Waals surface area contributed by atoms with Crippen molar-refractivity contribution in [3.8, 4) is 0 Å². The molecule has 3 heteroatoms. The molecular weight excluding hydrogens is 298 g/mol. The molecule has 0 bridgehead atoms. The van der Waals surface area contributed by atoms with Crippen LogP contribution in [-0.2, 0) is 11.3 Å². The maximum absolute atomic E-state index is 12.9. The van der Waals surface area contributed by atoms with Crippen molar-refractivity contribution in [2.24, 2.45) is 0 Å². The summed E-state index contributed by atoms with van der Waals surface area (Å²) in [7, 11) is 0. The number of hydrogen-bond acceptors (Lipinski definition) is 2. The molecule has 2 fully saturated rings. The molecule has 1 aromatic rings. The number of benzene rings is 1. The van der Waals surface area contributed by atoms with Crippen LogP contribution in [0.25, 0.3) is 0 Å². The third kappa shape index (κ3) is 2.60. The maximum Gasteiger partial charge on any atom is 0.255 e. The van der Waals surface area contributed by atoms with E-state index in [2.05, 4.69) is 12.6 Å². The number of carbonyl (C=O) groups is 2. The molecule has 3 aliphatic rings. The maximum atomic E-state index is 12.9. The molecule has 1 unspecified atom stereocenters. The van der Waals surface area contributed by atoms with Crippen molar-refractivity contribution in [3.05, 3.63) is 47.0 Å². The first-order valence-electron chi connectivity index (χ1n) is 9.27. The standard InChI is InChI=1S/C21H25NO2/c1-14-10-11-19(20(23)12-14)22-13-18-16(15-6-3-2-4-7-15)8-5-9-17(18)21(22)24/h5,8-9,15,19H,1-4,6-7,10-13H2. The second-order valence-electron chi connectivity index (χ2n) is 7.59. The molecule has 4 rings (SSSR count). The first-order valence-corrected chi connectivity index (χ1v) is 9.27. The number of carbonyl (C=O) groups excluding carboxylic acids is 2. The van der Waals surface area contributed by atoms with E-state index in [0.717, 1.165) is 24.0 Å². The Labute approximate surface area is 143 Å². The smallest absolute Gasteiger partial charge is 0.255 e. The molecule has 1 atom stereocenters. The lowest BCUT2D eigenvalue weighted by Gasteiger charge is -2.30. The second kappa shape index (κ2) is 6.19. The van der Waals surface area contributed by atoms with Crippen LogP contribution in [0.3, 0.4) is 0 Å². The van der Waals surface area contributed by atoms with Crippen molar-refractivity contribution in [2.75, 3.05) is 0 Å². The SMILES string of the molecule is C=C1CCC(N2Cc3c(cccc3C3CCCCC3)C2=O)C(=O)C1. The molecule has 0 aromatic heterocycles. The van der Waals surface area contributed by atoms with Gasteiger partial charge in [0.05, 0.1) is 6.04 Å². The average Bonchev–Trinajstić information content (AvgIpc) is 2.93. The van der Waals surface area contributed by atoms with Crippen molar-refractivity contribution in [2.45, 2.75) is 69.9 Å². The van der Waals surface area contributed by atoms with E-state index < -0.39 is 0 Å². The predicted molar refractivity (Wildman–Crippen MR) is 93.9 cm³/mol. The summed E-state index contributed by atoms with van der Waals surface area (Å²) in [6.07, 6.45) is 8.38. The lowest BCUT2D eigenvalue weighted by atomic mass is 9.81. The number of ketones is 1. The summed E-state index contributed by atoms with van der Waals surface area (Å²) in [6.45, 7) is 4.55. The van der Waals surface area contributed by atoms with E-state index in [0.29, 0.717) is 18.9 Å². The number of Topliss-reactive ketones (excluding diaryl/α,β-unsaturated/α-hetero) is 1. The predicted octanol–water partition coefficient (Wildman–Crippen LogP) is 4.37. The van der Waals surface area contributed by atoms with Gasteiger partial charge in [-0.2, -0.15) is 0 Å².